The first-order valence-electron chi connectivity index (χ1n) is 5.18. The molecule has 0 saturated heterocycles. The Hall–Kier alpha value is -1.84. The first-order chi connectivity index (χ1) is 7.49. The van der Waals surface area contributed by atoms with E-state index >= 15 is 0 Å². The van der Waals surface area contributed by atoms with Gasteiger partial charge in [-0.05, 0) is 19.4 Å². The Balaban J connectivity index is 2.52. The average molecular weight is 219 g/mol. The number of rotatable bonds is 4. The molecule has 0 heterocycles. The monoisotopic (exact) mass is 219 g/mol. The second kappa shape index (κ2) is 5.30. The molecule has 0 aliphatic heterocycles. The summed E-state index contributed by atoms with van der Waals surface area (Å²) < 4.78 is 0. The number of hydrogen-bond donors (Lipinski definition) is 3. The predicted molar refractivity (Wildman–Crippen MR) is 64.4 cm³/mol. The molecule has 1 rings (SSSR count). The van der Waals surface area contributed by atoms with Crippen molar-refractivity contribution in [1.82, 2.24) is 5.32 Å². The molecule has 1 atom stereocenters. The molecule has 0 radical (unpaired) electrons. The van der Waals surface area contributed by atoms with E-state index in [0.717, 1.165) is 5.56 Å². The molecule has 0 spiro atoms. The van der Waals surface area contributed by atoms with Gasteiger partial charge in [-0.3, -0.25) is 10.2 Å². The highest BCUT2D eigenvalue weighted by molar-refractivity contribution is 5.88. The van der Waals surface area contributed by atoms with Gasteiger partial charge in [0, 0.05) is 6.42 Å². The maximum atomic E-state index is 10.8. The number of primary amides is 1. The molecular weight excluding hydrogens is 202 g/mol. The summed E-state index contributed by atoms with van der Waals surface area (Å²) in [4.78, 5) is 10.8. The minimum atomic E-state index is -0.502. The zero-order valence-corrected chi connectivity index (χ0v) is 9.58. The van der Waals surface area contributed by atoms with Crippen molar-refractivity contribution in [3.8, 4) is 0 Å². The number of carbonyl (C=O) groups is 1. The third-order valence-electron chi connectivity index (χ3n) is 2.32. The van der Waals surface area contributed by atoms with E-state index in [-0.39, 0.29) is 0 Å². The quantitative estimate of drug-likeness (QED) is 0.521. The van der Waals surface area contributed by atoms with E-state index in [1.807, 2.05) is 31.2 Å². The Labute approximate surface area is 95.4 Å². The highest BCUT2D eigenvalue weighted by atomic mass is 16.1. The number of carbonyl (C=O) groups excluding carboxylic acids is 1. The lowest BCUT2D eigenvalue weighted by molar-refractivity contribution is -0.119. The standard InChI is InChI=1S/C12H17N3O/c1-8-3-5-10(6-4-8)7-11(13)15-9(2)12(14)16/h3-6,9H,7H2,1-2H3,(H2,13,15)(H2,14,16). The van der Waals surface area contributed by atoms with Crippen LogP contribution in [0.3, 0.4) is 0 Å². The lowest BCUT2D eigenvalue weighted by atomic mass is 10.1. The first-order valence-corrected chi connectivity index (χ1v) is 5.18. The Morgan fingerprint density at radius 1 is 1.44 bits per heavy atom. The Morgan fingerprint density at radius 2 is 2.00 bits per heavy atom. The van der Waals surface area contributed by atoms with Crippen molar-refractivity contribution >= 4 is 11.7 Å². The SMILES string of the molecule is Cc1ccc(CC(=N)NC(C)C(N)=O)cc1. The summed E-state index contributed by atoms with van der Waals surface area (Å²) in [6.07, 6.45) is 0.484. The van der Waals surface area contributed by atoms with E-state index in [9.17, 15) is 4.79 Å². The lowest BCUT2D eigenvalue weighted by Gasteiger charge is -2.12. The molecule has 1 amide bonds. The fraction of sp³-hybridized carbons (Fsp3) is 0.333. The highest BCUT2D eigenvalue weighted by Gasteiger charge is 2.09. The van der Waals surface area contributed by atoms with Crippen molar-refractivity contribution in [1.29, 1.82) is 5.41 Å². The molecule has 86 valence electrons. The molecule has 0 saturated carbocycles. The molecule has 0 aliphatic carbocycles. The van der Waals surface area contributed by atoms with Gasteiger partial charge in [0.25, 0.3) is 0 Å². The summed E-state index contributed by atoms with van der Waals surface area (Å²) in [6.45, 7) is 3.66. The van der Waals surface area contributed by atoms with Crippen LogP contribution in [-0.4, -0.2) is 17.8 Å². The van der Waals surface area contributed by atoms with Crippen LogP contribution in [0.15, 0.2) is 24.3 Å². The molecule has 4 N–H and O–H groups in total. The van der Waals surface area contributed by atoms with Gasteiger partial charge in [-0.15, -0.1) is 0 Å². The largest absolute Gasteiger partial charge is 0.368 e. The van der Waals surface area contributed by atoms with Gasteiger partial charge < -0.3 is 11.1 Å². The van der Waals surface area contributed by atoms with Gasteiger partial charge >= 0.3 is 0 Å². The van der Waals surface area contributed by atoms with Crippen molar-refractivity contribution in [2.24, 2.45) is 5.73 Å². The summed E-state index contributed by atoms with van der Waals surface area (Å²) in [5.74, 6) is -0.149. The van der Waals surface area contributed by atoms with Crippen molar-refractivity contribution < 1.29 is 4.79 Å². The fourth-order valence-electron chi connectivity index (χ4n) is 1.29. The second-order valence-corrected chi connectivity index (χ2v) is 3.91. The third kappa shape index (κ3) is 3.73. The van der Waals surface area contributed by atoms with Gasteiger partial charge in [0.2, 0.25) is 5.91 Å². The number of nitrogens with two attached hydrogens (primary N) is 1. The number of benzene rings is 1. The Morgan fingerprint density at radius 3 is 2.50 bits per heavy atom. The molecule has 0 aliphatic rings. The molecule has 1 aromatic rings. The van der Waals surface area contributed by atoms with Crippen LogP contribution in [-0.2, 0) is 11.2 Å². The number of amides is 1. The van der Waals surface area contributed by atoms with E-state index < -0.39 is 11.9 Å². The summed E-state index contributed by atoms with van der Waals surface area (Å²) in [5.41, 5.74) is 7.33. The molecule has 16 heavy (non-hydrogen) atoms. The molecule has 1 unspecified atom stereocenters. The number of amidine groups is 1. The predicted octanol–water partition coefficient (Wildman–Crippen LogP) is 0.978. The van der Waals surface area contributed by atoms with E-state index in [1.165, 1.54) is 5.56 Å². The minimum Gasteiger partial charge on any atom is -0.368 e. The van der Waals surface area contributed by atoms with Crippen molar-refractivity contribution in [2.75, 3.05) is 0 Å². The Bertz CT molecular complexity index is 384. The van der Waals surface area contributed by atoms with E-state index in [2.05, 4.69) is 5.32 Å². The van der Waals surface area contributed by atoms with Crippen LogP contribution >= 0.6 is 0 Å². The molecule has 4 nitrogen and oxygen atoms in total. The smallest absolute Gasteiger partial charge is 0.239 e. The summed E-state index contributed by atoms with van der Waals surface area (Å²) in [5, 5.41) is 10.4. The zero-order valence-electron chi connectivity index (χ0n) is 9.58. The van der Waals surface area contributed by atoms with E-state index in [0.29, 0.717) is 12.3 Å². The van der Waals surface area contributed by atoms with Gasteiger partial charge in [0.1, 0.15) is 6.04 Å². The van der Waals surface area contributed by atoms with Crippen LogP contribution in [0.4, 0.5) is 0 Å². The van der Waals surface area contributed by atoms with Crippen molar-refractivity contribution in [3.63, 3.8) is 0 Å². The van der Waals surface area contributed by atoms with Gasteiger partial charge in [0.15, 0.2) is 0 Å². The zero-order chi connectivity index (χ0) is 12.1. The lowest BCUT2D eigenvalue weighted by Crippen LogP contribution is -2.42. The van der Waals surface area contributed by atoms with Crippen LogP contribution in [0.1, 0.15) is 18.1 Å². The molecule has 4 heteroatoms. The number of nitrogens with one attached hydrogen (secondary N) is 2. The maximum absolute atomic E-state index is 10.8. The number of aryl methyl sites for hydroxylation is 1. The average Bonchev–Trinajstić information content (AvgIpc) is 2.21. The van der Waals surface area contributed by atoms with Crippen LogP contribution in [0.2, 0.25) is 0 Å². The topological polar surface area (TPSA) is 79.0 Å². The maximum Gasteiger partial charge on any atom is 0.239 e. The van der Waals surface area contributed by atoms with Crippen LogP contribution in [0.25, 0.3) is 0 Å². The van der Waals surface area contributed by atoms with E-state index in [1.54, 1.807) is 6.92 Å². The summed E-state index contributed by atoms with van der Waals surface area (Å²) in [6, 6.07) is 7.44. The van der Waals surface area contributed by atoms with Crippen LogP contribution in [0, 0.1) is 12.3 Å². The summed E-state index contributed by atoms with van der Waals surface area (Å²) in [7, 11) is 0. The first kappa shape index (κ1) is 12.2. The molecular formula is C12H17N3O. The van der Waals surface area contributed by atoms with Gasteiger partial charge in [-0.25, -0.2) is 0 Å². The van der Waals surface area contributed by atoms with Crippen LogP contribution < -0.4 is 11.1 Å². The third-order valence-corrected chi connectivity index (χ3v) is 2.32. The van der Waals surface area contributed by atoms with Crippen LogP contribution in [0.5, 0.6) is 0 Å². The van der Waals surface area contributed by atoms with E-state index in [4.69, 9.17) is 11.1 Å². The van der Waals surface area contributed by atoms with Gasteiger partial charge in [-0.1, -0.05) is 29.8 Å². The van der Waals surface area contributed by atoms with Crippen molar-refractivity contribution in [3.05, 3.63) is 35.4 Å². The van der Waals surface area contributed by atoms with Gasteiger partial charge in [0.05, 0.1) is 5.84 Å². The molecule has 0 aromatic heterocycles. The fourth-order valence-corrected chi connectivity index (χ4v) is 1.29. The molecule has 0 bridgehead atoms. The van der Waals surface area contributed by atoms with Gasteiger partial charge in [-0.2, -0.15) is 0 Å². The normalized spacial score (nSPS) is 11.9. The molecule has 0 fully saturated rings. The highest BCUT2D eigenvalue weighted by Crippen LogP contribution is 2.03. The summed E-state index contributed by atoms with van der Waals surface area (Å²) >= 11 is 0. The molecule has 1 aromatic carbocycles. The van der Waals surface area contributed by atoms with Crippen molar-refractivity contribution in [2.45, 2.75) is 26.3 Å². The number of hydrogen-bond acceptors (Lipinski definition) is 2. The minimum absolute atomic E-state index is 0.301. The Kier molecular flexibility index (Phi) is 4.05. The second-order valence-electron chi connectivity index (χ2n) is 3.91.